The molecule has 4 N–H and O–H groups in total. The second-order valence-electron chi connectivity index (χ2n) is 7.24. The molecule has 0 radical (unpaired) electrons. The second kappa shape index (κ2) is 6.23. The summed E-state index contributed by atoms with van der Waals surface area (Å²) >= 11 is 0. The van der Waals surface area contributed by atoms with Gasteiger partial charge in [-0.15, -0.1) is 0 Å². The topological polar surface area (TPSA) is 75.3 Å². The monoisotopic (exact) mass is 270 g/mol. The van der Waals surface area contributed by atoms with Gasteiger partial charge in [0.1, 0.15) is 0 Å². The van der Waals surface area contributed by atoms with Crippen LogP contribution in [-0.4, -0.2) is 29.2 Å². The van der Waals surface area contributed by atoms with Gasteiger partial charge in [0, 0.05) is 12.1 Å². The highest BCUT2D eigenvalue weighted by Crippen LogP contribution is 2.32. The van der Waals surface area contributed by atoms with E-state index in [1.165, 1.54) is 0 Å². The maximum atomic E-state index is 12.3. The van der Waals surface area contributed by atoms with Crippen molar-refractivity contribution in [2.45, 2.75) is 71.4 Å². The van der Waals surface area contributed by atoms with E-state index in [-0.39, 0.29) is 28.9 Å². The normalized spacial score (nSPS) is 29.9. The first-order valence-corrected chi connectivity index (χ1v) is 7.39. The van der Waals surface area contributed by atoms with Crippen molar-refractivity contribution in [2.24, 2.45) is 17.1 Å². The van der Waals surface area contributed by atoms with Crippen LogP contribution in [0.5, 0.6) is 0 Å². The molecule has 19 heavy (non-hydrogen) atoms. The molecule has 112 valence electrons. The number of aliphatic hydroxyl groups is 1. The van der Waals surface area contributed by atoms with Crippen molar-refractivity contribution in [2.75, 3.05) is 6.54 Å². The molecule has 3 unspecified atom stereocenters. The number of amides is 1. The quantitative estimate of drug-likeness (QED) is 0.713. The Kier molecular flexibility index (Phi) is 5.39. The molecular formula is C15H30N2O2. The fourth-order valence-electron chi connectivity index (χ4n) is 3.11. The van der Waals surface area contributed by atoms with Gasteiger partial charge in [0.2, 0.25) is 5.91 Å². The number of rotatable bonds is 5. The van der Waals surface area contributed by atoms with Gasteiger partial charge >= 0.3 is 0 Å². The van der Waals surface area contributed by atoms with E-state index >= 15 is 0 Å². The molecule has 0 aromatic rings. The first kappa shape index (κ1) is 16.4. The van der Waals surface area contributed by atoms with Crippen LogP contribution in [0.1, 0.15) is 59.8 Å². The largest absolute Gasteiger partial charge is 0.393 e. The van der Waals surface area contributed by atoms with Gasteiger partial charge in [-0.1, -0.05) is 26.7 Å². The molecule has 0 aromatic carbocycles. The highest BCUT2D eigenvalue weighted by atomic mass is 16.3. The van der Waals surface area contributed by atoms with Crippen LogP contribution in [0.25, 0.3) is 0 Å². The van der Waals surface area contributed by atoms with Crippen LogP contribution in [0.3, 0.4) is 0 Å². The van der Waals surface area contributed by atoms with Gasteiger partial charge in [0.15, 0.2) is 0 Å². The first-order chi connectivity index (χ1) is 8.64. The maximum Gasteiger partial charge on any atom is 0.224 e. The van der Waals surface area contributed by atoms with Crippen molar-refractivity contribution in [1.82, 2.24) is 5.32 Å². The van der Waals surface area contributed by atoms with Crippen LogP contribution in [0.2, 0.25) is 0 Å². The number of hydrogen-bond donors (Lipinski definition) is 3. The van der Waals surface area contributed by atoms with E-state index in [0.717, 1.165) is 25.7 Å². The number of carbonyl (C=O) groups is 1. The van der Waals surface area contributed by atoms with Crippen molar-refractivity contribution >= 4 is 5.91 Å². The summed E-state index contributed by atoms with van der Waals surface area (Å²) < 4.78 is 0. The van der Waals surface area contributed by atoms with Crippen molar-refractivity contribution in [3.8, 4) is 0 Å². The molecule has 0 saturated heterocycles. The standard InChI is InChI=1S/C15H30N2O2/c1-11(18)9-14(2,3)10-17-13(19)12-7-5-6-8-15(12,4)16/h11-12,18H,5-10,16H2,1-4H3,(H,17,19). The molecular weight excluding hydrogens is 240 g/mol. The zero-order chi connectivity index (χ0) is 14.7. The number of nitrogens with one attached hydrogen (secondary N) is 1. The Bertz CT molecular complexity index is 311. The summed E-state index contributed by atoms with van der Waals surface area (Å²) in [7, 11) is 0. The molecule has 1 saturated carbocycles. The third-order valence-corrected chi connectivity index (χ3v) is 4.16. The highest BCUT2D eigenvalue weighted by molar-refractivity contribution is 5.80. The minimum Gasteiger partial charge on any atom is -0.393 e. The van der Waals surface area contributed by atoms with Crippen molar-refractivity contribution in [3.63, 3.8) is 0 Å². The molecule has 1 aliphatic rings. The summed E-state index contributed by atoms with van der Waals surface area (Å²) in [5.41, 5.74) is 5.77. The van der Waals surface area contributed by atoms with Crippen LogP contribution < -0.4 is 11.1 Å². The Morgan fingerprint density at radius 2 is 2.16 bits per heavy atom. The van der Waals surface area contributed by atoms with Gasteiger partial charge < -0.3 is 16.2 Å². The minimum atomic E-state index is -0.378. The Morgan fingerprint density at radius 3 is 2.68 bits per heavy atom. The Balaban J connectivity index is 2.50. The lowest BCUT2D eigenvalue weighted by Gasteiger charge is -2.38. The third kappa shape index (κ3) is 5.11. The van der Waals surface area contributed by atoms with Gasteiger partial charge in [0.25, 0.3) is 0 Å². The van der Waals surface area contributed by atoms with E-state index in [2.05, 4.69) is 19.2 Å². The molecule has 1 fully saturated rings. The molecule has 0 aromatic heterocycles. The van der Waals surface area contributed by atoms with E-state index in [1.807, 2.05) is 6.92 Å². The van der Waals surface area contributed by atoms with Gasteiger partial charge in [-0.05, 0) is 38.5 Å². The lowest BCUT2D eigenvalue weighted by molar-refractivity contribution is -0.128. The van der Waals surface area contributed by atoms with Crippen molar-refractivity contribution in [3.05, 3.63) is 0 Å². The van der Waals surface area contributed by atoms with Crippen LogP contribution in [0, 0.1) is 11.3 Å². The van der Waals surface area contributed by atoms with E-state index < -0.39 is 0 Å². The summed E-state index contributed by atoms with van der Waals surface area (Å²) in [6.45, 7) is 8.47. The molecule has 0 aliphatic heterocycles. The molecule has 1 aliphatic carbocycles. The zero-order valence-corrected chi connectivity index (χ0v) is 12.8. The number of hydrogen-bond acceptors (Lipinski definition) is 3. The molecule has 0 spiro atoms. The molecule has 3 atom stereocenters. The molecule has 4 heteroatoms. The van der Waals surface area contributed by atoms with E-state index in [1.54, 1.807) is 6.92 Å². The molecule has 1 amide bonds. The van der Waals surface area contributed by atoms with Crippen LogP contribution >= 0.6 is 0 Å². The SMILES string of the molecule is CC(O)CC(C)(C)CNC(=O)C1CCCCC1(C)N. The molecule has 0 heterocycles. The van der Waals surface area contributed by atoms with E-state index in [0.29, 0.717) is 13.0 Å². The maximum absolute atomic E-state index is 12.3. The fourth-order valence-corrected chi connectivity index (χ4v) is 3.11. The molecule has 4 nitrogen and oxygen atoms in total. The van der Waals surface area contributed by atoms with Crippen LogP contribution in [-0.2, 0) is 4.79 Å². The van der Waals surface area contributed by atoms with Gasteiger partial charge in [0.05, 0.1) is 12.0 Å². The average molecular weight is 270 g/mol. The summed E-state index contributed by atoms with van der Waals surface area (Å²) in [6, 6.07) is 0. The fraction of sp³-hybridized carbons (Fsp3) is 0.933. The summed E-state index contributed by atoms with van der Waals surface area (Å²) in [6.07, 6.45) is 4.34. The van der Waals surface area contributed by atoms with Crippen molar-refractivity contribution in [1.29, 1.82) is 0 Å². The highest BCUT2D eigenvalue weighted by Gasteiger charge is 2.38. The summed E-state index contributed by atoms with van der Waals surface area (Å²) in [4.78, 5) is 12.3. The Labute approximate surface area is 117 Å². The average Bonchev–Trinajstić information content (AvgIpc) is 2.23. The molecule has 1 rings (SSSR count). The van der Waals surface area contributed by atoms with Crippen molar-refractivity contribution < 1.29 is 9.90 Å². The predicted octanol–water partition coefficient (Wildman–Crippen LogP) is 1.81. The molecule has 0 bridgehead atoms. The lowest BCUT2D eigenvalue weighted by atomic mass is 9.74. The number of nitrogens with two attached hydrogens (primary N) is 1. The smallest absolute Gasteiger partial charge is 0.224 e. The predicted molar refractivity (Wildman–Crippen MR) is 77.6 cm³/mol. The van der Waals surface area contributed by atoms with Crippen LogP contribution in [0.4, 0.5) is 0 Å². The van der Waals surface area contributed by atoms with Gasteiger partial charge in [-0.25, -0.2) is 0 Å². The minimum absolute atomic E-state index is 0.0726. The van der Waals surface area contributed by atoms with Gasteiger partial charge in [-0.2, -0.15) is 0 Å². The van der Waals surface area contributed by atoms with E-state index in [9.17, 15) is 9.90 Å². The van der Waals surface area contributed by atoms with Gasteiger partial charge in [-0.3, -0.25) is 4.79 Å². The second-order valence-corrected chi connectivity index (χ2v) is 7.24. The number of carbonyl (C=O) groups excluding carboxylic acids is 1. The number of aliphatic hydroxyl groups excluding tert-OH is 1. The summed E-state index contributed by atoms with van der Waals surface area (Å²) in [5, 5.41) is 12.5. The van der Waals surface area contributed by atoms with E-state index in [4.69, 9.17) is 5.73 Å². The Morgan fingerprint density at radius 1 is 1.53 bits per heavy atom. The zero-order valence-electron chi connectivity index (χ0n) is 12.8. The lowest BCUT2D eigenvalue weighted by Crippen LogP contribution is -2.53. The van der Waals surface area contributed by atoms with Crippen LogP contribution in [0.15, 0.2) is 0 Å². The summed E-state index contributed by atoms with van der Waals surface area (Å²) in [5.74, 6) is -0.00744. The third-order valence-electron chi connectivity index (χ3n) is 4.16. The first-order valence-electron chi connectivity index (χ1n) is 7.39. The Hall–Kier alpha value is -0.610.